The Morgan fingerprint density at radius 2 is 1.33 bits per heavy atom. The molecule has 0 atom stereocenters. The number of carbonyl (C=O) groups excluding carboxylic acids is 1. The van der Waals surface area contributed by atoms with Crippen molar-refractivity contribution in [3.8, 4) is 5.75 Å². The van der Waals surface area contributed by atoms with E-state index in [1.165, 1.54) is 82.1 Å². The van der Waals surface area contributed by atoms with Crippen LogP contribution in [0.15, 0.2) is 41.3 Å². The van der Waals surface area contributed by atoms with E-state index in [9.17, 15) is 13.2 Å². The van der Waals surface area contributed by atoms with Crippen LogP contribution >= 0.6 is 0 Å². The van der Waals surface area contributed by atoms with Gasteiger partial charge in [-0.05, 0) is 56.4 Å². The minimum absolute atomic E-state index is 0.223. The molecule has 0 aliphatic rings. The zero-order chi connectivity index (χ0) is 22.1. The third-order valence-electron chi connectivity index (χ3n) is 5.00. The van der Waals surface area contributed by atoms with Crippen LogP contribution in [-0.4, -0.2) is 18.9 Å². The van der Waals surface area contributed by atoms with E-state index in [2.05, 4.69) is 19.1 Å². The third kappa shape index (κ3) is 13.5. The highest BCUT2D eigenvalue weighted by Crippen LogP contribution is 2.17. The number of ether oxygens (including phenoxy) is 1. The Balaban J connectivity index is 1.97. The van der Waals surface area contributed by atoms with Crippen molar-refractivity contribution in [3.05, 3.63) is 36.4 Å². The Hall–Kier alpha value is -1.66. The van der Waals surface area contributed by atoms with E-state index in [1.807, 2.05) is 0 Å². The highest BCUT2D eigenvalue weighted by molar-refractivity contribution is 7.85. The number of esters is 1. The lowest BCUT2D eigenvalue weighted by molar-refractivity contribution is -0.134. The topological polar surface area (TPSA) is 80.7 Å². The average Bonchev–Trinajstić information content (AvgIpc) is 2.70. The van der Waals surface area contributed by atoms with Crippen LogP contribution in [-0.2, 0) is 14.9 Å². The van der Waals surface area contributed by atoms with Crippen molar-refractivity contribution in [1.29, 1.82) is 0 Å². The molecule has 0 aliphatic heterocycles. The molecule has 30 heavy (non-hydrogen) atoms. The molecule has 0 saturated heterocycles. The van der Waals surface area contributed by atoms with Crippen LogP contribution in [0.2, 0.25) is 0 Å². The van der Waals surface area contributed by atoms with Gasteiger partial charge in [0.2, 0.25) is 0 Å². The van der Waals surface area contributed by atoms with Crippen LogP contribution in [0.25, 0.3) is 0 Å². The lowest BCUT2D eigenvalue weighted by Gasteiger charge is -2.05. The van der Waals surface area contributed by atoms with Gasteiger partial charge in [0, 0.05) is 6.42 Å². The zero-order valence-electron chi connectivity index (χ0n) is 18.4. The molecule has 5 nitrogen and oxygen atoms in total. The van der Waals surface area contributed by atoms with Crippen LogP contribution in [0.4, 0.5) is 0 Å². The van der Waals surface area contributed by atoms with E-state index in [4.69, 9.17) is 9.29 Å². The van der Waals surface area contributed by atoms with Gasteiger partial charge in [0.05, 0.1) is 4.90 Å². The maximum atomic E-state index is 11.8. The Bertz CT molecular complexity index is 708. The fraction of sp³-hybridized carbons (Fsp3) is 0.625. The molecule has 0 amide bonds. The van der Waals surface area contributed by atoms with Crippen LogP contribution in [0.5, 0.6) is 5.75 Å². The van der Waals surface area contributed by atoms with Gasteiger partial charge < -0.3 is 4.74 Å². The third-order valence-corrected chi connectivity index (χ3v) is 5.86. The second-order valence-electron chi connectivity index (χ2n) is 7.75. The highest BCUT2D eigenvalue weighted by atomic mass is 32.2. The summed E-state index contributed by atoms with van der Waals surface area (Å²) in [5, 5.41) is 0. The molecular formula is C24H38O5S. The van der Waals surface area contributed by atoms with E-state index >= 15 is 0 Å². The Kier molecular flexibility index (Phi) is 14.1. The molecular weight excluding hydrogens is 400 g/mol. The molecule has 170 valence electrons. The minimum atomic E-state index is -4.23. The first-order valence-corrected chi connectivity index (χ1v) is 12.8. The molecule has 0 radical (unpaired) electrons. The molecule has 1 aromatic rings. The van der Waals surface area contributed by atoms with Gasteiger partial charge >= 0.3 is 5.97 Å². The highest BCUT2D eigenvalue weighted by Gasteiger charge is 2.10. The molecule has 0 saturated carbocycles. The fourth-order valence-corrected chi connectivity index (χ4v) is 3.68. The summed E-state index contributed by atoms with van der Waals surface area (Å²) in [6, 6.07) is 5.14. The molecule has 0 unspecified atom stereocenters. The van der Waals surface area contributed by atoms with Crippen LogP contribution < -0.4 is 4.74 Å². The maximum Gasteiger partial charge on any atom is 0.311 e. The predicted octanol–water partition coefficient (Wildman–Crippen LogP) is 6.88. The van der Waals surface area contributed by atoms with Crippen molar-refractivity contribution >= 4 is 16.1 Å². The lowest BCUT2D eigenvalue weighted by atomic mass is 10.1. The van der Waals surface area contributed by atoms with Gasteiger partial charge in [-0.2, -0.15) is 8.42 Å². The number of hydrogen-bond donors (Lipinski definition) is 1. The molecule has 0 fully saturated rings. The molecule has 6 heteroatoms. The van der Waals surface area contributed by atoms with E-state index in [0.717, 1.165) is 25.7 Å². The number of rotatable bonds is 17. The minimum Gasteiger partial charge on any atom is -0.427 e. The first-order chi connectivity index (χ1) is 14.4. The van der Waals surface area contributed by atoms with Crippen molar-refractivity contribution in [1.82, 2.24) is 0 Å². The van der Waals surface area contributed by atoms with Crippen LogP contribution in [0, 0.1) is 0 Å². The number of benzene rings is 1. The number of carbonyl (C=O) groups is 1. The summed E-state index contributed by atoms with van der Waals surface area (Å²) in [6.45, 7) is 2.25. The second-order valence-corrected chi connectivity index (χ2v) is 9.18. The maximum absolute atomic E-state index is 11.8. The van der Waals surface area contributed by atoms with Crippen molar-refractivity contribution in [2.24, 2.45) is 0 Å². The number of hydrogen-bond acceptors (Lipinski definition) is 4. The first kappa shape index (κ1) is 26.4. The number of unbranched alkanes of at least 4 members (excludes halogenated alkanes) is 11. The normalized spacial score (nSPS) is 11.8. The van der Waals surface area contributed by atoms with Gasteiger partial charge in [0.1, 0.15) is 5.75 Å². The van der Waals surface area contributed by atoms with Gasteiger partial charge in [-0.25, -0.2) is 0 Å². The molecule has 0 heterocycles. The van der Waals surface area contributed by atoms with Crippen molar-refractivity contribution in [2.75, 3.05) is 0 Å². The van der Waals surface area contributed by atoms with E-state index in [-0.39, 0.29) is 16.6 Å². The van der Waals surface area contributed by atoms with Crippen LogP contribution in [0.1, 0.15) is 96.8 Å². The second kappa shape index (κ2) is 16.1. The molecule has 0 aromatic heterocycles. The summed E-state index contributed by atoms with van der Waals surface area (Å²) in [5.41, 5.74) is 0. The standard InChI is InChI=1S/C24H38O5S/c1-2-3-4-5-6-7-8-9-10-11-12-13-14-15-16-17-24(25)29-22-18-20-23(21-19-22)30(26,27)28/h9-10,18-21H,2-8,11-17H2,1H3,(H,26,27,28)/b10-9+. The van der Waals surface area contributed by atoms with Crippen molar-refractivity contribution in [2.45, 2.75) is 102 Å². The average molecular weight is 439 g/mol. The summed E-state index contributed by atoms with van der Waals surface area (Å²) < 4.78 is 36.1. The lowest BCUT2D eigenvalue weighted by Crippen LogP contribution is -2.07. The Labute approximate surface area is 182 Å². The Morgan fingerprint density at radius 1 is 0.833 bits per heavy atom. The molecule has 0 bridgehead atoms. The summed E-state index contributed by atoms with van der Waals surface area (Å²) >= 11 is 0. The van der Waals surface area contributed by atoms with Gasteiger partial charge in [0.25, 0.3) is 10.1 Å². The molecule has 1 aromatic carbocycles. The van der Waals surface area contributed by atoms with Gasteiger partial charge in [-0.1, -0.05) is 70.4 Å². The van der Waals surface area contributed by atoms with Crippen molar-refractivity contribution < 1.29 is 22.5 Å². The van der Waals surface area contributed by atoms with E-state index in [0.29, 0.717) is 6.42 Å². The van der Waals surface area contributed by atoms with E-state index < -0.39 is 10.1 Å². The summed E-state index contributed by atoms with van der Waals surface area (Å²) in [7, 11) is -4.23. The predicted molar refractivity (Wildman–Crippen MR) is 121 cm³/mol. The fourth-order valence-electron chi connectivity index (χ4n) is 3.20. The van der Waals surface area contributed by atoms with Gasteiger partial charge in [-0.15, -0.1) is 0 Å². The summed E-state index contributed by atoms with van der Waals surface area (Å²) in [6.07, 6.45) is 20.6. The largest absolute Gasteiger partial charge is 0.427 e. The number of allylic oxidation sites excluding steroid dienone is 2. The summed E-state index contributed by atoms with van der Waals surface area (Å²) in [4.78, 5) is 11.6. The van der Waals surface area contributed by atoms with Gasteiger partial charge in [0.15, 0.2) is 0 Å². The smallest absolute Gasteiger partial charge is 0.311 e. The summed E-state index contributed by atoms with van der Waals surface area (Å²) in [5.74, 6) is -0.0487. The van der Waals surface area contributed by atoms with Crippen LogP contribution in [0.3, 0.4) is 0 Å². The van der Waals surface area contributed by atoms with Crippen molar-refractivity contribution in [3.63, 3.8) is 0 Å². The van der Waals surface area contributed by atoms with Gasteiger partial charge in [-0.3, -0.25) is 9.35 Å². The molecule has 1 rings (SSSR count). The first-order valence-electron chi connectivity index (χ1n) is 11.4. The molecule has 0 aliphatic carbocycles. The Morgan fingerprint density at radius 3 is 1.87 bits per heavy atom. The quantitative estimate of drug-likeness (QED) is 0.0943. The zero-order valence-corrected chi connectivity index (χ0v) is 19.2. The monoisotopic (exact) mass is 438 g/mol. The SMILES string of the molecule is CCCCCCCC/C=C/CCCCCCCC(=O)Oc1ccc(S(=O)(=O)O)cc1. The molecule has 0 spiro atoms. The molecule has 1 N–H and O–H groups in total. The van der Waals surface area contributed by atoms with E-state index in [1.54, 1.807) is 0 Å².